The van der Waals surface area contributed by atoms with E-state index in [2.05, 4.69) is 32.5 Å². The number of hydrogen-bond donors (Lipinski definition) is 2. The summed E-state index contributed by atoms with van der Waals surface area (Å²) in [4.78, 5) is 13.3. The van der Waals surface area contributed by atoms with Crippen molar-refractivity contribution in [3.63, 3.8) is 0 Å². The molecule has 0 saturated carbocycles. The number of aryl methyl sites for hydroxylation is 1. The van der Waals surface area contributed by atoms with Gasteiger partial charge in [-0.25, -0.2) is 9.97 Å². The molecule has 0 aliphatic carbocycles. The number of rotatable bonds is 3. The van der Waals surface area contributed by atoms with Crippen molar-refractivity contribution in [1.82, 2.24) is 20.3 Å². The molecule has 1 aliphatic heterocycles. The topological polar surface area (TPSA) is 62.7 Å². The van der Waals surface area contributed by atoms with Crippen LogP contribution in [0.5, 0.6) is 0 Å². The van der Waals surface area contributed by atoms with Crippen LogP contribution in [0.15, 0.2) is 24.5 Å². The molecule has 1 unspecified atom stereocenters. The summed E-state index contributed by atoms with van der Waals surface area (Å²) in [6.07, 6.45) is 4.66. The summed E-state index contributed by atoms with van der Waals surface area (Å²) >= 11 is 0. The smallest absolute Gasteiger partial charge is 0.161 e. The highest BCUT2D eigenvalue weighted by Gasteiger charge is 2.17. The molecule has 0 spiro atoms. The minimum atomic E-state index is 0.452. The molecule has 104 valence electrons. The van der Waals surface area contributed by atoms with Crippen molar-refractivity contribution in [2.24, 2.45) is 0 Å². The van der Waals surface area contributed by atoms with Gasteiger partial charge in [0.2, 0.25) is 0 Å². The van der Waals surface area contributed by atoms with Crippen LogP contribution < -0.4 is 10.6 Å². The van der Waals surface area contributed by atoms with Crippen LogP contribution in [0.1, 0.15) is 17.7 Å². The first kappa shape index (κ1) is 13.0. The van der Waals surface area contributed by atoms with Crippen LogP contribution in [0, 0.1) is 13.8 Å². The second-order valence-electron chi connectivity index (χ2n) is 5.18. The number of pyridine rings is 1. The molecule has 20 heavy (non-hydrogen) atoms. The largest absolute Gasteiger partial charge is 0.366 e. The second kappa shape index (κ2) is 5.54. The zero-order valence-corrected chi connectivity index (χ0v) is 11.8. The maximum absolute atomic E-state index is 4.69. The summed E-state index contributed by atoms with van der Waals surface area (Å²) in [7, 11) is 0. The van der Waals surface area contributed by atoms with E-state index in [-0.39, 0.29) is 0 Å². The van der Waals surface area contributed by atoms with Crippen LogP contribution in [0.2, 0.25) is 0 Å². The average molecular weight is 269 g/mol. The molecule has 2 aromatic rings. The van der Waals surface area contributed by atoms with Gasteiger partial charge in [-0.1, -0.05) is 0 Å². The molecule has 2 aromatic heterocycles. The van der Waals surface area contributed by atoms with Crippen molar-refractivity contribution in [1.29, 1.82) is 0 Å². The van der Waals surface area contributed by atoms with Gasteiger partial charge in [0.15, 0.2) is 5.82 Å². The van der Waals surface area contributed by atoms with Gasteiger partial charge in [0.1, 0.15) is 5.82 Å². The van der Waals surface area contributed by atoms with Crippen molar-refractivity contribution in [2.75, 3.05) is 18.4 Å². The Hall–Kier alpha value is -2.01. The highest BCUT2D eigenvalue weighted by atomic mass is 15.1. The van der Waals surface area contributed by atoms with E-state index in [4.69, 9.17) is 0 Å². The van der Waals surface area contributed by atoms with Crippen molar-refractivity contribution >= 4 is 5.82 Å². The Bertz CT molecular complexity index is 591. The summed E-state index contributed by atoms with van der Waals surface area (Å²) in [5.74, 6) is 1.70. The molecule has 1 atom stereocenters. The first-order chi connectivity index (χ1) is 9.74. The van der Waals surface area contributed by atoms with E-state index in [0.29, 0.717) is 6.04 Å². The van der Waals surface area contributed by atoms with Crippen LogP contribution in [-0.2, 0) is 0 Å². The summed E-state index contributed by atoms with van der Waals surface area (Å²) in [6, 6.07) is 4.32. The molecule has 1 fully saturated rings. The standard InChI is InChI=1S/C15H19N5/c1-10-11(2)18-15(12-3-6-16-7-4-12)20-14(10)19-13-5-8-17-9-13/h3-4,6-7,13,17H,5,8-9H2,1-2H3,(H,18,19,20). The van der Waals surface area contributed by atoms with Crippen LogP contribution >= 0.6 is 0 Å². The van der Waals surface area contributed by atoms with Crippen molar-refractivity contribution < 1.29 is 0 Å². The van der Waals surface area contributed by atoms with Crippen LogP contribution in [0.3, 0.4) is 0 Å². The first-order valence-corrected chi connectivity index (χ1v) is 6.97. The van der Waals surface area contributed by atoms with E-state index in [1.807, 2.05) is 19.1 Å². The minimum Gasteiger partial charge on any atom is -0.366 e. The van der Waals surface area contributed by atoms with E-state index in [0.717, 1.165) is 48.0 Å². The lowest BCUT2D eigenvalue weighted by Crippen LogP contribution is -2.23. The molecule has 0 bridgehead atoms. The van der Waals surface area contributed by atoms with Crippen LogP contribution in [-0.4, -0.2) is 34.1 Å². The van der Waals surface area contributed by atoms with Crippen molar-refractivity contribution in [3.8, 4) is 11.4 Å². The normalized spacial score (nSPS) is 18.2. The van der Waals surface area contributed by atoms with Crippen LogP contribution in [0.4, 0.5) is 5.82 Å². The maximum Gasteiger partial charge on any atom is 0.161 e. The molecule has 0 radical (unpaired) electrons. The summed E-state index contributed by atoms with van der Waals surface area (Å²) in [5.41, 5.74) is 3.13. The van der Waals surface area contributed by atoms with Gasteiger partial charge in [-0.15, -0.1) is 0 Å². The minimum absolute atomic E-state index is 0.452. The molecule has 1 saturated heterocycles. The lowest BCUT2D eigenvalue weighted by Gasteiger charge is -2.16. The third kappa shape index (κ3) is 2.63. The number of nitrogens with one attached hydrogen (secondary N) is 2. The van der Waals surface area contributed by atoms with Gasteiger partial charge in [-0.2, -0.15) is 0 Å². The molecule has 1 aliphatic rings. The molecular formula is C15H19N5. The fourth-order valence-corrected chi connectivity index (χ4v) is 2.37. The Kier molecular flexibility index (Phi) is 3.60. The molecule has 0 aromatic carbocycles. The average Bonchev–Trinajstić information content (AvgIpc) is 2.97. The van der Waals surface area contributed by atoms with Gasteiger partial charge >= 0.3 is 0 Å². The van der Waals surface area contributed by atoms with Crippen molar-refractivity contribution in [3.05, 3.63) is 35.8 Å². The van der Waals surface area contributed by atoms with E-state index >= 15 is 0 Å². The predicted molar refractivity (Wildman–Crippen MR) is 79.6 cm³/mol. The number of hydrogen-bond acceptors (Lipinski definition) is 5. The van der Waals surface area contributed by atoms with Gasteiger partial charge < -0.3 is 10.6 Å². The Morgan fingerprint density at radius 2 is 2.00 bits per heavy atom. The Morgan fingerprint density at radius 1 is 1.20 bits per heavy atom. The van der Waals surface area contributed by atoms with E-state index < -0.39 is 0 Å². The lowest BCUT2D eigenvalue weighted by atomic mass is 10.2. The maximum atomic E-state index is 4.69. The second-order valence-corrected chi connectivity index (χ2v) is 5.18. The Morgan fingerprint density at radius 3 is 2.70 bits per heavy atom. The monoisotopic (exact) mass is 269 g/mol. The molecular weight excluding hydrogens is 250 g/mol. The zero-order valence-electron chi connectivity index (χ0n) is 11.8. The van der Waals surface area contributed by atoms with Crippen molar-refractivity contribution in [2.45, 2.75) is 26.3 Å². The molecule has 2 N–H and O–H groups in total. The van der Waals surface area contributed by atoms with Gasteiger partial charge in [0.25, 0.3) is 0 Å². The van der Waals surface area contributed by atoms with E-state index in [1.54, 1.807) is 12.4 Å². The first-order valence-electron chi connectivity index (χ1n) is 6.97. The SMILES string of the molecule is Cc1nc(-c2ccncc2)nc(NC2CCNC2)c1C. The molecule has 3 heterocycles. The summed E-state index contributed by atoms with van der Waals surface area (Å²) < 4.78 is 0. The van der Waals surface area contributed by atoms with Gasteiger partial charge in [-0.3, -0.25) is 4.98 Å². The molecule has 0 amide bonds. The molecule has 3 rings (SSSR count). The lowest BCUT2D eigenvalue weighted by molar-refractivity contribution is 0.784. The Labute approximate surface area is 118 Å². The fraction of sp³-hybridized carbons (Fsp3) is 0.400. The number of aromatic nitrogens is 3. The molecule has 5 nitrogen and oxygen atoms in total. The predicted octanol–water partition coefficient (Wildman–Crippen LogP) is 1.93. The summed E-state index contributed by atoms with van der Waals surface area (Å²) in [5, 5.41) is 6.89. The molecule has 5 heteroatoms. The highest BCUT2D eigenvalue weighted by Crippen LogP contribution is 2.22. The van der Waals surface area contributed by atoms with Gasteiger partial charge in [0.05, 0.1) is 0 Å². The fourth-order valence-electron chi connectivity index (χ4n) is 2.37. The highest BCUT2D eigenvalue weighted by molar-refractivity contribution is 5.59. The number of nitrogens with zero attached hydrogens (tertiary/aromatic N) is 3. The van der Waals surface area contributed by atoms with Crippen LogP contribution in [0.25, 0.3) is 11.4 Å². The third-order valence-corrected chi connectivity index (χ3v) is 3.73. The third-order valence-electron chi connectivity index (χ3n) is 3.73. The summed E-state index contributed by atoms with van der Waals surface area (Å²) in [6.45, 7) is 6.15. The van der Waals surface area contributed by atoms with Gasteiger partial charge in [-0.05, 0) is 38.9 Å². The zero-order chi connectivity index (χ0) is 13.9. The van der Waals surface area contributed by atoms with E-state index in [9.17, 15) is 0 Å². The Balaban J connectivity index is 1.94. The quantitative estimate of drug-likeness (QED) is 0.891. The van der Waals surface area contributed by atoms with E-state index in [1.165, 1.54) is 0 Å². The number of anilines is 1. The van der Waals surface area contributed by atoms with Gasteiger partial charge in [0, 0.05) is 41.8 Å².